The fourth-order valence-corrected chi connectivity index (χ4v) is 3.31. The van der Waals surface area contributed by atoms with Gasteiger partial charge in [-0.05, 0) is 43.7 Å². The number of guanidine groups is 1. The Morgan fingerprint density at radius 3 is 2.73 bits per heavy atom. The van der Waals surface area contributed by atoms with Gasteiger partial charge in [-0.15, -0.1) is 24.0 Å². The van der Waals surface area contributed by atoms with Crippen molar-refractivity contribution in [2.24, 2.45) is 4.99 Å². The summed E-state index contributed by atoms with van der Waals surface area (Å²) >= 11 is 0. The lowest BCUT2D eigenvalue weighted by atomic mass is 10.1. The third kappa shape index (κ3) is 6.13. The molecule has 0 radical (unpaired) electrons. The fraction of sp³-hybridized carbons (Fsp3) is 0.455. The minimum absolute atomic E-state index is 0. The second kappa shape index (κ2) is 11.2. The molecule has 1 aliphatic rings. The first-order valence-electron chi connectivity index (χ1n) is 10.0. The van der Waals surface area contributed by atoms with Crippen LogP contribution in [0.25, 0.3) is 0 Å². The monoisotopic (exact) mass is 525 g/mol. The smallest absolute Gasteiger partial charge is 0.191 e. The second-order valence-corrected chi connectivity index (χ2v) is 7.33. The van der Waals surface area contributed by atoms with E-state index in [2.05, 4.69) is 45.7 Å². The van der Waals surface area contributed by atoms with Crippen LogP contribution >= 0.6 is 24.0 Å². The zero-order chi connectivity index (χ0) is 20.8. The van der Waals surface area contributed by atoms with Gasteiger partial charge in [0.05, 0.1) is 6.61 Å². The van der Waals surface area contributed by atoms with Gasteiger partial charge < -0.3 is 25.0 Å². The second-order valence-electron chi connectivity index (χ2n) is 7.33. The molecule has 2 N–H and O–H groups in total. The standard InChI is InChI=1S/C22H31N5O2.HI/c1-6-28-19-11-17-9-15(2)29-20(17)12-18(19)14-26-22(23-3)25-13-16-7-8-24-21(10-16)27(4)5;/h7-8,10-12,15H,6,9,13-14H2,1-5H3,(H2,23,25,26);1H. The van der Waals surface area contributed by atoms with E-state index in [1.807, 2.05) is 38.2 Å². The van der Waals surface area contributed by atoms with Crippen molar-refractivity contribution in [3.63, 3.8) is 0 Å². The molecule has 1 atom stereocenters. The number of anilines is 1. The molecule has 0 bridgehead atoms. The van der Waals surface area contributed by atoms with Gasteiger partial charge in [-0.1, -0.05) is 0 Å². The van der Waals surface area contributed by atoms with Crippen LogP contribution in [0.3, 0.4) is 0 Å². The van der Waals surface area contributed by atoms with Crippen LogP contribution < -0.4 is 25.0 Å². The van der Waals surface area contributed by atoms with E-state index in [0.29, 0.717) is 19.7 Å². The highest BCUT2D eigenvalue weighted by molar-refractivity contribution is 14.0. The highest BCUT2D eigenvalue weighted by Crippen LogP contribution is 2.35. The lowest BCUT2D eigenvalue weighted by molar-refractivity contribution is 0.254. The third-order valence-corrected chi connectivity index (χ3v) is 4.78. The van der Waals surface area contributed by atoms with Gasteiger partial charge >= 0.3 is 0 Å². The van der Waals surface area contributed by atoms with Gasteiger partial charge in [0, 0.05) is 58.0 Å². The molecule has 1 aromatic heterocycles. The van der Waals surface area contributed by atoms with E-state index >= 15 is 0 Å². The first-order valence-corrected chi connectivity index (χ1v) is 10.0. The number of aromatic nitrogens is 1. The van der Waals surface area contributed by atoms with Crippen molar-refractivity contribution in [3.05, 3.63) is 47.2 Å². The van der Waals surface area contributed by atoms with E-state index in [-0.39, 0.29) is 30.1 Å². The number of nitrogens with one attached hydrogen (secondary N) is 2. The Morgan fingerprint density at radius 2 is 2.03 bits per heavy atom. The number of aliphatic imine (C=N–C) groups is 1. The highest BCUT2D eigenvalue weighted by atomic mass is 127. The van der Waals surface area contributed by atoms with E-state index in [1.54, 1.807) is 7.05 Å². The molecule has 0 fully saturated rings. The van der Waals surface area contributed by atoms with Crippen molar-refractivity contribution in [2.45, 2.75) is 39.5 Å². The molecule has 7 nitrogen and oxygen atoms in total. The van der Waals surface area contributed by atoms with Crippen molar-refractivity contribution in [1.82, 2.24) is 15.6 Å². The average molecular weight is 525 g/mol. The van der Waals surface area contributed by atoms with Crippen LogP contribution in [-0.4, -0.2) is 44.8 Å². The average Bonchev–Trinajstić information content (AvgIpc) is 3.07. The molecule has 2 aromatic rings. The van der Waals surface area contributed by atoms with Crippen molar-refractivity contribution in [2.75, 3.05) is 32.6 Å². The summed E-state index contributed by atoms with van der Waals surface area (Å²) in [5.74, 6) is 3.51. The maximum Gasteiger partial charge on any atom is 0.191 e. The molecule has 0 aliphatic carbocycles. The number of rotatable bonds is 7. The number of hydrogen-bond donors (Lipinski definition) is 2. The fourth-order valence-electron chi connectivity index (χ4n) is 3.31. The van der Waals surface area contributed by atoms with Crippen LogP contribution in [0.5, 0.6) is 11.5 Å². The van der Waals surface area contributed by atoms with Gasteiger partial charge in [-0.2, -0.15) is 0 Å². The highest BCUT2D eigenvalue weighted by Gasteiger charge is 2.21. The Labute approximate surface area is 196 Å². The molecule has 2 heterocycles. The normalized spacial score (nSPS) is 15.0. The number of pyridine rings is 1. The van der Waals surface area contributed by atoms with E-state index in [4.69, 9.17) is 9.47 Å². The van der Waals surface area contributed by atoms with Crippen molar-refractivity contribution in [1.29, 1.82) is 0 Å². The molecular formula is C22H32IN5O2. The first-order chi connectivity index (χ1) is 14.0. The lowest BCUT2D eigenvalue weighted by Crippen LogP contribution is -2.36. The van der Waals surface area contributed by atoms with Gasteiger partial charge in [0.1, 0.15) is 23.4 Å². The topological polar surface area (TPSA) is 71.0 Å². The maximum absolute atomic E-state index is 5.91. The number of nitrogens with zero attached hydrogens (tertiary/aromatic N) is 3. The van der Waals surface area contributed by atoms with E-state index in [9.17, 15) is 0 Å². The number of ether oxygens (including phenoxy) is 2. The number of benzene rings is 1. The van der Waals surface area contributed by atoms with E-state index < -0.39 is 0 Å². The van der Waals surface area contributed by atoms with Crippen molar-refractivity contribution >= 4 is 35.8 Å². The molecule has 30 heavy (non-hydrogen) atoms. The summed E-state index contributed by atoms with van der Waals surface area (Å²) in [5.41, 5.74) is 3.41. The van der Waals surface area contributed by atoms with Crippen LogP contribution in [0, 0.1) is 0 Å². The van der Waals surface area contributed by atoms with Gasteiger partial charge in [0.15, 0.2) is 5.96 Å². The Bertz CT molecular complexity index is 873. The van der Waals surface area contributed by atoms with Crippen molar-refractivity contribution < 1.29 is 9.47 Å². The van der Waals surface area contributed by atoms with Gasteiger partial charge in [-0.25, -0.2) is 4.98 Å². The number of fused-ring (bicyclic) bond motifs is 1. The summed E-state index contributed by atoms with van der Waals surface area (Å²) in [7, 11) is 5.73. The number of halogens is 1. The zero-order valence-corrected chi connectivity index (χ0v) is 20.7. The molecule has 0 spiro atoms. The SMILES string of the molecule is CCOc1cc2c(cc1CNC(=NC)NCc1ccnc(N(C)C)c1)OC(C)C2.I. The van der Waals surface area contributed by atoms with Crippen LogP contribution in [0.1, 0.15) is 30.5 Å². The molecule has 1 aliphatic heterocycles. The largest absolute Gasteiger partial charge is 0.494 e. The molecule has 0 saturated carbocycles. The molecule has 1 aromatic carbocycles. The lowest BCUT2D eigenvalue weighted by Gasteiger charge is -2.16. The van der Waals surface area contributed by atoms with E-state index in [0.717, 1.165) is 40.8 Å². The minimum Gasteiger partial charge on any atom is -0.494 e. The predicted molar refractivity (Wildman–Crippen MR) is 132 cm³/mol. The van der Waals surface area contributed by atoms with Gasteiger partial charge in [0.2, 0.25) is 0 Å². The molecule has 0 saturated heterocycles. The third-order valence-electron chi connectivity index (χ3n) is 4.78. The van der Waals surface area contributed by atoms with E-state index in [1.165, 1.54) is 5.56 Å². The molecule has 8 heteroatoms. The number of hydrogen-bond acceptors (Lipinski definition) is 5. The summed E-state index contributed by atoms with van der Waals surface area (Å²) in [5, 5.41) is 6.73. The molecular weight excluding hydrogens is 493 g/mol. The van der Waals surface area contributed by atoms with Crippen LogP contribution in [0.2, 0.25) is 0 Å². The van der Waals surface area contributed by atoms with Gasteiger partial charge in [-0.3, -0.25) is 4.99 Å². The zero-order valence-electron chi connectivity index (χ0n) is 18.4. The minimum atomic E-state index is 0. The maximum atomic E-state index is 5.91. The van der Waals surface area contributed by atoms with Crippen LogP contribution in [-0.2, 0) is 19.5 Å². The predicted octanol–water partition coefficient (Wildman–Crippen LogP) is 3.35. The summed E-state index contributed by atoms with van der Waals surface area (Å²) in [6, 6.07) is 8.25. The Hall–Kier alpha value is -2.23. The summed E-state index contributed by atoms with van der Waals surface area (Å²) < 4.78 is 11.8. The quantitative estimate of drug-likeness (QED) is 0.329. The first kappa shape index (κ1) is 24.0. The summed E-state index contributed by atoms with van der Waals surface area (Å²) in [6.07, 6.45) is 2.96. The van der Waals surface area contributed by atoms with Crippen molar-refractivity contribution in [3.8, 4) is 11.5 Å². The molecule has 3 rings (SSSR count). The Balaban J connectivity index is 0.00000320. The van der Waals surface area contributed by atoms with Crippen LogP contribution in [0.15, 0.2) is 35.5 Å². The van der Waals surface area contributed by atoms with Gasteiger partial charge in [0.25, 0.3) is 0 Å². The molecule has 1 unspecified atom stereocenters. The summed E-state index contributed by atoms with van der Waals surface area (Å²) in [6.45, 7) is 5.97. The molecule has 164 valence electrons. The van der Waals surface area contributed by atoms with Crippen LogP contribution in [0.4, 0.5) is 5.82 Å². The Morgan fingerprint density at radius 1 is 1.27 bits per heavy atom. The molecule has 0 amide bonds. The Kier molecular flexibility index (Phi) is 9.01. The summed E-state index contributed by atoms with van der Waals surface area (Å²) in [4.78, 5) is 10.7.